The molecule has 19 heavy (non-hydrogen) atoms. The van der Waals surface area contributed by atoms with Gasteiger partial charge in [0.2, 0.25) is 0 Å². The first-order valence-corrected chi connectivity index (χ1v) is 6.44. The lowest BCUT2D eigenvalue weighted by Crippen LogP contribution is -2.14. The number of benzene rings is 1. The molecule has 0 amide bonds. The molecule has 2 rings (SSSR count). The number of hydrogen-bond acceptors (Lipinski definition) is 3. The largest absolute Gasteiger partial charge is 0.486 e. The lowest BCUT2D eigenvalue weighted by Gasteiger charge is -2.07. The summed E-state index contributed by atoms with van der Waals surface area (Å²) in [5.41, 5.74) is 1.07. The minimum atomic E-state index is -0.304. The van der Waals surface area contributed by atoms with Gasteiger partial charge in [0, 0.05) is 18.2 Å². The first-order valence-electron chi connectivity index (χ1n) is 6.44. The highest BCUT2D eigenvalue weighted by atomic mass is 19.1. The van der Waals surface area contributed by atoms with Crippen LogP contribution in [0.25, 0.3) is 0 Å². The summed E-state index contributed by atoms with van der Waals surface area (Å²) in [4.78, 5) is 0. The molecule has 0 saturated carbocycles. The molecule has 0 atom stereocenters. The van der Waals surface area contributed by atoms with Crippen LogP contribution in [0.15, 0.2) is 41.0 Å². The molecule has 0 spiro atoms. The number of nitrogens with one attached hydrogen (secondary N) is 1. The van der Waals surface area contributed by atoms with Crippen molar-refractivity contribution < 1.29 is 13.5 Å². The van der Waals surface area contributed by atoms with Crippen molar-refractivity contribution in [1.82, 2.24) is 5.32 Å². The summed E-state index contributed by atoms with van der Waals surface area (Å²) >= 11 is 0. The van der Waals surface area contributed by atoms with E-state index in [2.05, 4.69) is 12.2 Å². The highest BCUT2D eigenvalue weighted by Crippen LogP contribution is 2.16. The van der Waals surface area contributed by atoms with Crippen LogP contribution in [0.4, 0.5) is 4.39 Å². The molecule has 102 valence electrons. The SMILES string of the molecule is CCCNCc1ccoc1COc1cccc(F)c1. The maximum Gasteiger partial charge on any atom is 0.146 e. The van der Waals surface area contributed by atoms with Gasteiger partial charge in [-0.05, 0) is 31.2 Å². The second kappa shape index (κ2) is 6.95. The molecule has 0 unspecified atom stereocenters. The lowest BCUT2D eigenvalue weighted by molar-refractivity contribution is 0.267. The predicted octanol–water partition coefficient (Wildman–Crippen LogP) is 3.50. The van der Waals surface area contributed by atoms with E-state index in [-0.39, 0.29) is 5.82 Å². The van der Waals surface area contributed by atoms with Crippen LogP contribution < -0.4 is 10.1 Å². The second-order valence-corrected chi connectivity index (χ2v) is 4.29. The van der Waals surface area contributed by atoms with E-state index in [0.29, 0.717) is 12.4 Å². The van der Waals surface area contributed by atoms with Crippen molar-refractivity contribution in [3.8, 4) is 5.75 Å². The van der Waals surface area contributed by atoms with Gasteiger partial charge in [0.15, 0.2) is 0 Å². The molecule has 2 aromatic rings. The van der Waals surface area contributed by atoms with Gasteiger partial charge in [0.05, 0.1) is 6.26 Å². The van der Waals surface area contributed by atoms with E-state index in [1.807, 2.05) is 6.07 Å². The van der Waals surface area contributed by atoms with Crippen LogP contribution in [-0.2, 0) is 13.2 Å². The van der Waals surface area contributed by atoms with Gasteiger partial charge >= 0.3 is 0 Å². The monoisotopic (exact) mass is 263 g/mol. The fraction of sp³-hybridized carbons (Fsp3) is 0.333. The predicted molar refractivity (Wildman–Crippen MR) is 71.4 cm³/mol. The van der Waals surface area contributed by atoms with Gasteiger partial charge in [-0.25, -0.2) is 4.39 Å². The molecule has 4 heteroatoms. The minimum Gasteiger partial charge on any atom is -0.486 e. The minimum absolute atomic E-state index is 0.304. The average Bonchev–Trinajstić information content (AvgIpc) is 2.84. The van der Waals surface area contributed by atoms with E-state index in [4.69, 9.17) is 9.15 Å². The molecule has 0 aliphatic carbocycles. The molecule has 0 aliphatic rings. The maximum atomic E-state index is 13.0. The Morgan fingerprint density at radius 1 is 1.32 bits per heavy atom. The van der Waals surface area contributed by atoms with E-state index >= 15 is 0 Å². The fourth-order valence-electron chi connectivity index (χ4n) is 1.76. The molecule has 0 fully saturated rings. The van der Waals surface area contributed by atoms with E-state index < -0.39 is 0 Å². The molecular formula is C15H18FNO2. The van der Waals surface area contributed by atoms with Gasteiger partial charge in [-0.2, -0.15) is 0 Å². The summed E-state index contributed by atoms with van der Waals surface area (Å²) in [6.07, 6.45) is 2.74. The van der Waals surface area contributed by atoms with Crippen LogP contribution in [0.5, 0.6) is 5.75 Å². The Hall–Kier alpha value is -1.81. The molecule has 0 aliphatic heterocycles. The zero-order valence-electron chi connectivity index (χ0n) is 11.0. The summed E-state index contributed by atoms with van der Waals surface area (Å²) in [6.45, 7) is 4.15. The number of halogens is 1. The Bertz CT molecular complexity index is 510. The Morgan fingerprint density at radius 3 is 3.00 bits per heavy atom. The Morgan fingerprint density at radius 2 is 2.21 bits per heavy atom. The fourth-order valence-corrected chi connectivity index (χ4v) is 1.76. The van der Waals surface area contributed by atoms with Gasteiger partial charge < -0.3 is 14.5 Å². The van der Waals surface area contributed by atoms with Crippen LogP contribution in [0, 0.1) is 5.82 Å². The molecular weight excluding hydrogens is 245 g/mol. The van der Waals surface area contributed by atoms with Crippen molar-refractivity contribution in [2.24, 2.45) is 0 Å². The maximum absolute atomic E-state index is 13.0. The first-order chi connectivity index (χ1) is 9.29. The van der Waals surface area contributed by atoms with Crippen molar-refractivity contribution in [2.45, 2.75) is 26.5 Å². The summed E-state index contributed by atoms with van der Waals surface area (Å²) in [6, 6.07) is 8.02. The standard InChI is InChI=1S/C15H18FNO2/c1-2-7-17-10-12-6-8-18-15(12)11-19-14-5-3-4-13(16)9-14/h3-6,8-9,17H,2,7,10-11H2,1H3. The molecule has 1 heterocycles. The van der Waals surface area contributed by atoms with E-state index in [9.17, 15) is 4.39 Å². The quantitative estimate of drug-likeness (QED) is 0.776. The molecule has 1 aromatic heterocycles. The van der Waals surface area contributed by atoms with Gasteiger partial charge in [0.25, 0.3) is 0 Å². The van der Waals surface area contributed by atoms with Crippen LogP contribution in [0.2, 0.25) is 0 Å². The molecule has 3 nitrogen and oxygen atoms in total. The van der Waals surface area contributed by atoms with Gasteiger partial charge in [-0.1, -0.05) is 13.0 Å². The van der Waals surface area contributed by atoms with E-state index in [1.54, 1.807) is 18.4 Å². The van der Waals surface area contributed by atoms with Gasteiger partial charge in [-0.3, -0.25) is 0 Å². The van der Waals surface area contributed by atoms with E-state index in [1.165, 1.54) is 12.1 Å². The number of hydrogen-bond donors (Lipinski definition) is 1. The Kier molecular flexibility index (Phi) is 4.98. The van der Waals surface area contributed by atoms with Crippen molar-refractivity contribution >= 4 is 0 Å². The third-order valence-electron chi connectivity index (χ3n) is 2.75. The summed E-state index contributed by atoms with van der Waals surface area (Å²) < 4.78 is 23.9. The van der Waals surface area contributed by atoms with Crippen LogP contribution in [0.1, 0.15) is 24.7 Å². The van der Waals surface area contributed by atoms with Gasteiger partial charge in [-0.15, -0.1) is 0 Å². The summed E-state index contributed by atoms with van der Waals surface area (Å²) in [5, 5.41) is 3.31. The number of rotatable bonds is 7. The van der Waals surface area contributed by atoms with Gasteiger partial charge in [0.1, 0.15) is 23.9 Å². The van der Waals surface area contributed by atoms with Crippen molar-refractivity contribution in [2.75, 3.05) is 6.54 Å². The van der Waals surface area contributed by atoms with Crippen LogP contribution in [-0.4, -0.2) is 6.54 Å². The highest BCUT2D eigenvalue weighted by molar-refractivity contribution is 5.23. The highest BCUT2D eigenvalue weighted by Gasteiger charge is 2.07. The van der Waals surface area contributed by atoms with Crippen LogP contribution in [0.3, 0.4) is 0 Å². The smallest absolute Gasteiger partial charge is 0.146 e. The van der Waals surface area contributed by atoms with Crippen molar-refractivity contribution in [3.63, 3.8) is 0 Å². The normalized spacial score (nSPS) is 10.6. The van der Waals surface area contributed by atoms with Crippen molar-refractivity contribution in [1.29, 1.82) is 0 Å². The molecule has 0 radical (unpaired) electrons. The van der Waals surface area contributed by atoms with E-state index in [0.717, 1.165) is 30.8 Å². The molecule has 1 aromatic carbocycles. The third-order valence-corrected chi connectivity index (χ3v) is 2.75. The average molecular weight is 263 g/mol. The zero-order chi connectivity index (χ0) is 13.5. The Labute approximate surface area is 112 Å². The van der Waals surface area contributed by atoms with Crippen LogP contribution >= 0.6 is 0 Å². The van der Waals surface area contributed by atoms with Crippen molar-refractivity contribution in [3.05, 3.63) is 53.7 Å². The first kappa shape index (κ1) is 13.6. The molecule has 1 N–H and O–H groups in total. The zero-order valence-corrected chi connectivity index (χ0v) is 11.0. The number of furan rings is 1. The second-order valence-electron chi connectivity index (χ2n) is 4.29. The topological polar surface area (TPSA) is 34.4 Å². The molecule has 0 bridgehead atoms. The lowest BCUT2D eigenvalue weighted by atomic mass is 10.2. The number of ether oxygens (including phenoxy) is 1. The summed E-state index contributed by atoms with van der Waals surface area (Å²) in [5.74, 6) is 0.971. The third kappa shape index (κ3) is 4.10. The molecule has 0 saturated heterocycles. The Balaban J connectivity index is 1.90. The summed E-state index contributed by atoms with van der Waals surface area (Å²) in [7, 11) is 0.